The van der Waals surface area contributed by atoms with Gasteiger partial charge in [-0.1, -0.05) is 0 Å². The zero-order valence-corrected chi connectivity index (χ0v) is 24.4. The van der Waals surface area contributed by atoms with Gasteiger partial charge >= 0.3 is 0 Å². The molecule has 10 heteroatoms. The number of hydrogen-bond donors (Lipinski definition) is 3. The van der Waals surface area contributed by atoms with Gasteiger partial charge < -0.3 is 20.8 Å². The molecule has 0 atom stereocenters. The van der Waals surface area contributed by atoms with Crippen LogP contribution in [0.25, 0.3) is 22.0 Å². The number of piperidine rings is 1. The molecule has 3 heterocycles. The highest BCUT2D eigenvalue weighted by atomic mass is 32.2. The van der Waals surface area contributed by atoms with Gasteiger partial charge in [-0.3, -0.25) is 4.79 Å². The van der Waals surface area contributed by atoms with Crippen LogP contribution in [0.5, 0.6) is 0 Å². The zero-order valence-electron chi connectivity index (χ0n) is 22.8. The molecular weight excluding hydrogens is 520 g/mol. The number of aromatic nitrogens is 1. The lowest BCUT2D eigenvalue weighted by Gasteiger charge is -2.31. The quantitative estimate of drug-likeness (QED) is 0.301. The molecule has 0 aliphatic carbocycles. The summed E-state index contributed by atoms with van der Waals surface area (Å²) in [6, 6.07) is 6.46. The highest BCUT2D eigenvalue weighted by molar-refractivity contribution is 7.89. The minimum absolute atomic E-state index is 0.0383. The Kier molecular flexibility index (Phi) is 8.99. The molecule has 0 bridgehead atoms. The van der Waals surface area contributed by atoms with Crippen molar-refractivity contribution in [2.75, 3.05) is 32.6 Å². The monoisotopic (exact) mass is 560 g/mol. The lowest BCUT2D eigenvalue weighted by atomic mass is 9.88. The Balaban J connectivity index is 1.59. The van der Waals surface area contributed by atoms with E-state index in [4.69, 9.17) is 10.5 Å². The van der Waals surface area contributed by atoms with Gasteiger partial charge in [0.15, 0.2) is 0 Å². The van der Waals surface area contributed by atoms with E-state index in [1.165, 1.54) is 10.4 Å². The van der Waals surface area contributed by atoms with Crippen molar-refractivity contribution in [2.24, 2.45) is 5.73 Å². The third kappa shape index (κ3) is 7.04. The first kappa shape index (κ1) is 28.8. The molecule has 1 aliphatic rings. The molecule has 1 fully saturated rings. The summed E-state index contributed by atoms with van der Waals surface area (Å²) in [7, 11) is -1.69. The van der Waals surface area contributed by atoms with Gasteiger partial charge in [0.05, 0.1) is 12.2 Å². The summed E-state index contributed by atoms with van der Waals surface area (Å²) < 4.78 is 32.1. The van der Waals surface area contributed by atoms with Gasteiger partial charge in [0.2, 0.25) is 15.9 Å². The first-order valence-corrected chi connectivity index (χ1v) is 15.7. The van der Waals surface area contributed by atoms with Crippen molar-refractivity contribution < 1.29 is 17.9 Å². The maximum Gasteiger partial charge on any atom is 0.221 e. The van der Waals surface area contributed by atoms with Gasteiger partial charge in [-0.2, -0.15) is 0 Å². The number of nitrogens with zero attached hydrogens (tertiary/aromatic N) is 1. The smallest absolute Gasteiger partial charge is 0.221 e. The van der Waals surface area contributed by atoms with E-state index in [1.54, 1.807) is 22.8 Å². The Labute approximate surface area is 230 Å². The summed E-state index contributed by atoms with van der Waals surface area (Å²) in [6.45, 7) is 8.72. The van der Waals surface area contributed by atoms with Crippen LogP contribution in [0, 0.1) is 0 Å². The van der Waals surface area contributed by atoms with Gasteiger partial charge in [-0.25, -0.2) is 12.7 Å². The van der Waals surface area contributed by atoms with Gasteiger partial charge in [0.25, 0.3) is 0 Å². The second-order valence-corrected chi connectivity index (χ2v) is 14.3. The standard InChI is InChI=1S/C28H40N4O4S2/c1-28(2,3)31-16-23-13-22(18-37-23)20-12-21(15-26(29)33)27-24(14-20)25(17-30-27)19-6-8-32(9-7-19)38(34,35)11-5-10-36-4/h12-14,17-19,30-31H,5-11,15-16H2,1-4H3,(H2,29,33). The summed E-state index contributed by atoms with van der Waals surface area (Å²) in [4.78, 5) is 16.6. The summed E-state index contributed by atoms with van der Waals surface area (Å²) >= 11 is 1.72. The predicted molar refractivity (Wildman–Crippen MR) is 155 cm³/mol. The third-order valence-electron chi connectivity index (χ3n) is 7.09. The number of rotatable bonds is 11. The number of benzene rings is 1. The van der Waals surface area contributed by atoms with Crippen molar-refractivity contribution in [2.45, 2.75) is 64.5 Å². The Morgan fingerprint density at radius 3 is 2.61 bits per heavy atom. The number of ether oxygens (including phenoxy) is 1. The van der Waals surface area contributed by atoms with E-state index < -0.39 is 10.0 Å². The molecule has 0 unspecified atom stereocenters. The van der Waals surface area contributed by atoms with Crippen molar-refractivity contribution in [1.29, 1.82) is 0 Å². The van der Waals surface area contributed by atoms with E-state index in [9.17, 15) is 13.2 Å². The second-order valence-electron chi connectivity index (χ2n) is 11.2. The molecule has 4 N–H and O–H groups in total. The number of primary amides is 1. The number of nitrogens with one attached hydrogen (secondary N) is 2. The van der Waals surface area contributed by atoms with Crippen molar-refractivity contribution in [3.05, 3.63) is 45.8 Å². The number of aromatic amines is 1. The fourth-order valence-corrected chi connectivity index (χ4v) is 7.44. The third-order valence-corrected chi connectivity index (χ3v) is 9.98. The van der Waals surface area contributed by atoms with E-state index in [1.807, 2.05) is 6.20 Å². The molecule has 4 rings (SSSR count). The van der Waals surface area contributed by atoms with Crippen LogP contribution in [0.2, 0.25) is 0 Å². The van der Waals surface area contributed by atoms with E-state index in [0.29, 0.717) is 26.1 Å². The minimum Gasteiger partial charge on any atom is -0.385 e. The molecule has 0 saturated carbocycles. The molecule has 208 valence electrons. The van der Waals surface area contributed by atoms with Gasteiger partial charge in [0, 0.05) is 60.9 Å². The Morgan fingerprint density at radius 2 is 1.95 bits per heavy atom. The van der Waals surface area contributed by atoms with Crippen LogP contribution in [0.3, 0.4) is 0 Å². The van der Waals surface area contributed by atoms with Crippen LogP contribution in [0.4, 0.5) is 0 Å². The first-order valence-electron chi connectivity index (χ1n) is 13.2. The summed E-state index contributed by atoms with van der Waals surface area (Å²) in [5.41, 5.74) is 10.8. The summed E-state index contributed by atoms with van der Waals surface area (Å²) in [6.07, 6.45) is 4.20. The molecule has 2 aromatic heterocycles. The molecular formula is C28H40N4O4S2. The van der Waals surface area contributed by atoms with Gasteiger partial charge in [-0.05, 0) is 91.8 Å². The number of thiophene rings is 1. The van der Waals surface area contributed by atoms with Crippen molar-refractivity contribution >= 4 is 38.2 Å². The van der Waals surface area contributed by atoms with Crippen LogP contribution in [-0.4, -0.2) is 61.7 Å². The maximum absolute atomic E-state index is 12.7. The van der Waals surface area contributed by atoms with Crippen molar-refractivity contribution in [3.8, 4) is 11.1 Å². The lowest BCUT2D eigenvalue weighted by Crippen LogP contribution is -2.39. The number of hydrogen-bond acceptors (Lipinski definition) is 6. The van der Waals surface area contributed by atoms with E-state index in [0.717, 1.165) is 47.0 Å². The van der Waals surface area contributed by atoms with E-state index in [-0.39, 0.29) is 29.5 Å². The van der Waals surface area contributed by atoms with Crippen LogP contribution in [-0.2, 0) is 32.5 Å². The summed E-state index contributed by atoms with van der Waals surface area (Å²) in [5.74, 6) is -0.0152. The first-order chi connectivity index (χ1) is 18.0. The molecule has 8 nitrogen and oxygen atoms in total. The number of amides is 1. The molecule has 1 amide bonds. The van der Waals surface area contributed by atoms with Crippen LogP contribution in [0.15, 0.2) is 29.8 Å². The highest BCUT2D eigenvalue weighted by Crippen LogP contribution is 2.38. The number of carbonyl (C=O) groups is 1. The number of fused-ring (bicyclic) bond motifs is 1. The zero-order chi connectivity index (χ0) is 27.5. The van der Waals surface area contributed by atoms with E-state index >= 15 is 0 Å². The fourth-order valence-electron chi connectivity index (χ4n) is 5.10. The van der Waals surface area contributed by atoms with Crippen LogP contribution >= 0.6 is 11.3 Å². The average molecular weight is 561 g/mol. The second kappa shape index (κ2) is 11.9. The lowest BCUT2D eigenvalue weighted by molar-refractivity contribution is -0.117. The fraction of sp³-hybridized carbons (Fsp3) is 0.536. The number of H-pyrrole nitrogens is 1. The normalized spacial score (nSPS) is 15.9. The number of carbonyl (C=O) groups excluding carboxylic acids is 1. The molecule has 1 saturated heterocycles. The Bertz CT molecular complexity index is 1360. The Hall–Kier alpha value is -2.24. The highest BCUT2D eigenvalue weighted by Gasteiger charge is 2.29. The maximum atomic E-state index is 12.7. The molecule has 0 spiro atoms. The average Bonchev–Trinajstić information content (AvgIpc) is 3.50. The number of nitrogens with two attached hydrogens (primary N) is 1. The molecule has 1 aromatic carbocycles. The van der Waals surface area contributed by atoms with Crippen molar-refractivity contribution in [3.63, 3.8) is 0 Å². The molecule has 38 heavy (non-hydrogen) atoms. The topological polar surface area (TPSA) is 118 Å². The Morgan fingerprint density at radius 1 is 1.21 bits per heavy atom. The summed E-state index contributed by atoms with van der Waals surface area (Å²) in [5, 5.41) is 6.78. The van der Waals surface area contributed by atoms with Crippen molar-refractivity contribution in [1.82, 2.24) is 14.6 Å². The number of sulfonamides is 1. The van der Waals surface area contributed by atoms with Gasteiger partial charge in [0.1, 0.15) is 0 Å². The largest absolute Gasteiger partial charge is 0.385 e. The van der Waals surface area contributed by atoms with Crippen LogP contribution in [0.1, 0.15) is 62.0 Å². The minimum atomic E-state index is -3.27. The van der Waals surface area contributed by atoms with Crippen LogP contribution < -0.4 is 11.1 Å². The molecule has 3 aromatic rings. The SMILES string of the molecule is COCCCS(=O)(=O)N1CCC(c2c[nH]c3c(CC(N)=O)cc(-c4csc(CNC(C)(C)C)c4)cc23)CC1. The molecule has 0 radical (unpaired) electrons. The predicted octanol–water partition coefficient (Wildman–Crippen LogP) is 4.36. The molecule has 1 aliphatic heterocycles. The number of methoxy groups -OCH3 is 1. The van der Waals surface area contributed by atoms with Gasteiger partial charge in [-0.15, -0.1) is 11.3 Å². The van der Waals surface area contributed by atoms with E-state index in [2.05, 4.69) is 54.7 Å².